The van der Waals surface area contributed by atoms with E-state index in [0.29, 0.717) is 28.9 Å². The van der Waals surface area contributed by atoms with Crippen LogP contribution in [-0.2, 0) is 13.2 Å². The molecule has 0 spiro atoms. The predicted octanol–water partition coefficient (Wildman–Crippen LogP) is 4.37. The van der Waals surface area contributed by atoms with Crippen LogP contribution in [0.15, 0.2) is 52.9 Å². The fourth-order valence-corrected chi connectivity index (χ4v) is 2.95. The van der Waals surface area contributed by atoms with E-state index >= 15 is 0 Å². The number of hydrogen-bond donors (Lipinski definition) is 0. The lowest BCUT2D eigenvalue weighted by Crippen LogP contribution is -2.26. The number of nitrogens with zero attached hydrogens (tertiary/aromatic N) is 3. The minimum Gasteiger partial charge on any atom is -0.493 e. The largest absolute Gasteiger partial charge is 0.493 e. The molecule has 3 aromatic rings. The van der Waals surface area contributed by atoms with Gasteiger partial charge in [-0.2, -0.15) is 0 Å². The summed E-state index contributed by atoms with van der Waals surface area (Å²) in [4.78, 5) is 2.58. The highest BCUT2D eigenvalue weighted by Gasteiger charge is 2.14. The van der Waals surface area contributed by atoms with Crippen molar-refractivity contribution in [1.29, 1.82) is 0 Å². The Bertz CT molecular complexity index is 937. The van der Waals surface area contributed by atoms with Gasteiger partial charge in [0, 0.05) is 12.1 Å². The molecule has 0 N–H and O–H groups in total. The van der Waals surface area contributed by atoms with Gasteiger partial charge in [0.05, 0.1) is 20.9 Å². The van der Waals surface area contributed by atoms with Gasteiger partial charge in [-0.25, -0.2) is 4.68 Å². The molecule has 0 aliphatic rings. The molecule has 0 saturated heterocycles. The summed E-state index contributed by atoms with van der Waals surface area (Å²) in [5.74, 6) is 1.72. The number of aromatic nitrogens is 2. The van der Waals surface area contributed by atoms with Crippen LogP contribution in [0, 0.1) is 4.84 Å². The molecule has 0 atom stereocenters. The maximum atomic E-state index is 5.71. The minimum atomic E-state index is 0.339. The molecule has 7 heteroatoms. The monoisotopic (exact) mass is 385 g/mol. The summed E-state index contributed by atoms with van der Waals surface area (Å²) in [6.45, 7) is 4.36. The van der Waals surface area contributed by atoms with Crippen molar-refractivity contribution in [1.82, 2.24) is 14.7 Å². The van der Waals surface area contributed by atoms with Gasteiger partial charge in [0.1, 0.15) is 0 Å². The van der Waals surface area contributed by atoms with E-state index in [2.05, 4.69) is 29.1 Å². The van der Waals surface area contributed by atoms with Crippen LogP contribution in [0.5, 0.6) is 11.5 Å². The molecule has 0 saturated carbocycles. The van der Waals surface area contributed by atoms with Gasteiger partial charge in [-0.05, 0) is 42.5 Å². The van der Waals surface area contributed by atoms with Crippen molar-refractivity contribution in [3.8, 4) is 23.0 Å². The molecule has 0 aliphatic carbocycles. The Morgan fingerprint density at radius 2 is 1.81 bits per heavy atom. The Morgan fingerprint density at radius 3 is 2.48 bits per heavy atom. The van der Waals surface area contributed by atoms with Crippen LogP contribution in [0.25, 0.3) is 11.5 Å². The van der Waals surface area contributed by atoms with Gasteiger partial charge in [-0.15, -0.1) is 5.10 Å². The van der Waals surface area contributed by atoms with E-state index in [1.165, 1.54) is 5.56 Å². The molecule has 6 nitrogen and oxygen atoms in total. The van der Waals surface area contributed by atoms with E-state index in [4.69, 9.17) is 26.1 Å². The Morgan fingerprint density at radius 1 is 1.07 bits per heavy atom. The van der Waals surface area contributed by atoms with E-state index in [-0.39, 0.29) is 0 Å². The second kappa shape index (κ2) is 8.83. The summed E-state index contributed by atoms with van der Waals surface area (Å²) < 4.78 is 18.0. The first kappa shape index (κ1) is 19.1. The lowest BCUT2D eigenvalue weighted by Gasteiger charge is -2.19. The lowest BCUT2D eigenvalue weighted by molar-refractivity contribution is 0.205. The topological polar surface area (TPSA) is 52.7 Å². The molecule has 0 radical (unpaired) electrons. The molecule has 2 aromatic carbocycles. The first-order chi connectivity index (χ1) is 13.1. The van der Waals surface area contributed by atoms with Crippen LogP contribution in [0.1, 0.15) is 12.5 Å². The summed E-state index contributed by atoms with van der Waals surface area (Å²) in [5.41, 5.74) is 2.03. The number of rotatable bonds is 8. The summed E-state index contributed by atoms with van der Waals surface area (Å²) in [6.07, 6.45) is 0. The summed E-state index contributed by atoms with van der Waals surface area (Å²) in [5, 5.41) is 4.55. The molecule has 0 bridgehead atoms. The van der Waals surface area contributed by atoms with Crippen molar-refractivity contribution in [3.05, 3.63) is 58.9 Å². The van der Waals surface area contributed by atoms with Crippen LogP contribution in [0.2, 0.25) is 0 Å². The molecule has 1 aromatic heterocycles. The Labute approximate surface area is 163 Å². The van der Waals surface area contributed by atoms with Gasteiger partial charge >= 0.3 is 0 Å². The molecule has 0 amide bonds. The van der Waals surface area contributed by atoms with Gasteiger partial charge in [-0.3, -0.25) is 4.90 Å². The SMILES string of the molecule is CCN(Cc1ccccc1)Cn1nc(-c2ccc(OC)c(OC)c2)oc1=S. The smallest absolute Gasteiger partial charge is 0.288 e. The summed E-state index contributed by atoms with van der Waals surface area (Å²) >= 11 is 5.36. The van der Waals surface area contributed by atoms with Crippen molar-refractivity contribution in [2.24, 2.45) is 0 Å². The van der Waals surface area contributed by atoms with Crippen LogP contribution < -0.4 is 9.47 Å². The van der Waals surface area contributed by atoms with Gasteiger partial charge < -0.3 is 13.9 Å². The van der Waals surface area contributed by atoms with Crippen molar-refractivity contribution in [2.45, 2.75) is 20.1 Å². The number of benzene rings is 2. The van der Waals surface area contributed by atoms with Crippen LogP contribution in [0.3, 0.4) is 0 Å². The third kappa shape index (κ3) is 4.56. The molecular formula is C20H23N3O3S. The Kier molecular flexibility index (Phi) is 6.26. The van der Waals surface area contributed by atoms with Crippen molar-refractivity contribution < 1.29 is 13.9 Å². The zero-order chi connectivity index (χ0) is 19.2. The zero-order valence-electron chi connectivity index (χ0n) is 15.7. The standard InChI is InChI=1S/C20H23N3O3S/c1-4-22(13-15-8-6-5-7-9-15)14-23-20(27)26-19(21-23)16-10-11-17(24-2)18(12-16)25-3/h5-12H,4,13-14H2,1-3H3. The van der Waals surface area contributed by atoms with E-state index in [1.807, 2.05) is 36.4 Å². The Hall–Kier alpha value is -2.64. The molecular weight excluding hydrogens is 362 g/mol. The average molecular weight is 385 g/mol. The minimum absolute atomic E-state index is 0.339. The number of ether oxygens (including phenoxy) is 2. The first-order valence-electron chi connectivity index (χ1n) is 8.71. The van der Waals surface area contributed by atoms with Gasteiger partial charge in [0.2, 0.25) is 5.89 Å². The fourth-order valence-electron chi connectivity index (χ4n) is 2.77. The molecule has 0 aliphatic heterocycles. The van der Waals surface area contributed by atoms with E-state index in [0.717, 1.165) is 18.7 Å². The molecule has 1 heterocycles. The summed E-state index contributed by atoms with van der Waals surface area (Å²) in [6, 6.07) is 15.8. The van der Waals surface area contributed by atoms with Crippen LogP contribution in [0.4, 0.5) is 0 Å². The third-order valence-electron chi connectivity index (χ3n) is 4.27. The normalized spacial score (nSPS) is 11.0. The Balaban J connectivity index is 1.80. The van der Waals surface area contributed by atoms with E-state index in [9.17, 15) is 0 Å². The molecule has 0 fully saturated rings. The van der Waals surface area contributed by atoms with Gasteiger partial charge in [-0.1, -0.05) is 37.3 Å². The average Bonchev–Trinajstić information content (AvgIpc) is 3.08. The number of hydrogen-bond acceptors (Lipinski definition) is 6. The van der Waals surface area contributed by atoms with Crippen molar-refractivity contribution in [3.63, 3.8) is 0 Å². The van der Waals surface area contributed by atoms with E-state index in [1.54, 1.807) is 18.9 Å². The number of methoxy groups -OCH3 is 2. The third-order valence-corrected chi connectivity index (χ3v) is 4.56. The second-order valence-corrected chi connectivity index (χ2v) is 6.36. The maximum Gasteiger partial charge on any atom is 0.288 e. The lowest BCUT2D eigenvalue weighted by atomic mass is 10.2. The van der Waals surface area contributed by atoms with Gasteiger partial charge in [0.15, 0.2) is 11.5 Å². The van der Waals surface area contributed by atoms with E-state index < -0.39 is 0 Å². The predicted molar refractivity (Wildman–Crippen MR) is 106 cm³/mol. The maximum absolute atomic E-state index is 5.71. The molecule has 27 heavy (non-hydrogen) atoms. The van der Waals surface area contributed by atoms with Crippen LogP contribution >= 0.6 is 12.2 Å². The zero-order valence-corrected chi connectivity index (χ0v) is 16.5. The van der Waals surface area contributed by atoms with Crippen molar-refractivity contribution >= 4 is 12.2 Å². The van der Waals surface area contributed by atoms with Crippen LogP contribution in [-0.4, -0.2) is 35.4 Å². The highest BCUT2D eigenvalue weighted by atomic mass is 32.1. The van der Waals surface area contributed by atoms with Gasteiger partial charge in [0.25, 0.3) is 4.84 Å². The second-order valence-electron chi connectivity index (χ2n) is 6.01. The molecule has 0 unspecified atom stereocenters. The van der Waals surface area contributed by atoms with Crippen molar-refractivity contribution in [2.75, 3.05) is 20.8 Å². The fraction of sp³-hybridized carbons (Fsp3) is 0.300. The summed E-state index contributed by atoms with van der Waals surface area (Å²) in [7, 11) is 3.20. The quantitative estimate of drug-likeness (QED) is 0.537. The molecule has 3 rings (SSSR count). The highest BCUT2D eigenvalue weighted by molar-refractivity contribution is 7.71. The highest BCUT2D eigenvalue weighted by Crippen LogP contribution is 2.31. The molecule has 142 valence electrons. The first-order valence-corrected chi connectivity index (χ1v) is 9.12.